The Morgan fingerprint density at radius 1 is 0.905 bits per heavy atom. The quantitative estimate of drug-likeness (QED) is 0.808. The van der Waals surface area contributed by atoms with Crippen LogP contribution in [0.5, 0.6) is 0 Å². The number of likely N-dealkylation sites (tertiary alicyclic amines) is 1. The number of hydrogen-bond donors (Lipinski definition) is 0. The van der Waals surface area contributed by atoms with Crippen LogP contribution in [0.1, 0.15) is 30.0 Å². The van der Waals surface area contributed by atoms with Crippen molar-refractivity contribution in [3.05, 3.63) is 71.0 Å². The van der Waals surface area contributed by atoms with Gasteiger partial charge in [0.1, 0.15) is 17.5 Å². The fourth-order valence-electron chi connectivity index (χ4n) is 3.01. The van der Waals surface area contributed by atoms with Crippen LogP contribution in [0.3, 0.4) is 0 Å². The van der Waals surface area contributed by atoms with Crippen LogP contribution >= 0.6 is 0 Å². The summed E-state index contributed by atoms with van der Waals surface area (Å²) in [4.78, 5) is 2.18. The topological polar surface area (TPSA) is 3.24 Å². The highest BCUT2D eigenvalue weighted by Crippen LogP contribution is 2.33. The van der Waals surface area contributed by atoms with Crippen molar-refractivity contribution in [2.45, 2.75) is 25.4 Å². The van der Waals surface area contributed by atoms with Gasteiger partial charge in [0.2, 0.25) is 0 Å². The van der Waals surface area contributed by atoms with Crippen LogP contribution in [0.4, 0.5) is 13.2 Å². The summed E-state index contributed by atoms with van der Waals surface area (Å²) in [6.07, 6.45) is 2.00. The summed E-state index contributed by atoms with van der Waals surface area (Å²) >= 11 is 0. The molecule has 0 aromatic heterocycles. The lowest BCUT2D eigenvalue weighted by atomic mass is 10.0. The molecule has 1 fully saturated rings. The SMILES string of the molecule is Fc1ccc([C@H]2CCCN2Cc2cc(F)cc(F)c2)cc1. The Kier molecular flexibility index (Phi) is 3.97. The maximum absolute atomic E-state index is 13.3. The van der Waals surface area contributed by atoms with Gasteiger partial charge in [0.05, 0.1) is 0 Å². The van der Waals surface area contributed by atoms with Crippen LogP contribution in [0, 0.1) is 17.5 Å². The Labute approximate surface area is 122 Å². The smallest absolute Gasteiger partial charge is 0.126 e. The maximum atomic E-state index is 13.3. The molecule has 21 heavy (non-hydrogen) atoms. The Bertz CT molecular complexity index is 604. The molecule has 1 aliphatic rings. The summed E-state index contributed by atoms with van der Waals surface area (Å²) in [5, 5.41) is 0. The molecule has 1 atom stereocenters. The van der Waals surface area contributed by atoms with Crippen molar-refractivity contribution >= 4 is 0 Å². The number of halogens is 3. The molecule has 0 amide bonds. The predicted molar refractivity (Wildman–Crippen MR) is 75.1 cm³/mol. The molecule has 110 valence electrons. The van der Waals surface area contributed by atoms with Gasteiger partial charge in [-0.1, -0.05) is 12.1 Å². The van der Waals surface area contributed by atoms with Crippen molar-refractivity contribution < 1.29 is 13.2 Å². The van der Waals surface area contributed by atoms with Gasteiger partial charge in [0.25, 0.3) is 0 Å². The van der Waals surface area contributed by atoms with E-state index in [9.17, 15) is 13.2 Å². The van der Waals surface area contributed by atoms with Gasteiger partial charge in [0, 0.05) is 18.7 Å². The lowest BCUT2D eigenvalue weighted by Crippen LogP contribution is -2.22. The van der Waals surface area contributed by atoms with Crippen molar-refractivity contribution in [2.24, 2.45) is 0 Å². The predicted octanol–water partition coefficient (Wildman–Crippen LogP) is 4.44. The van der Waals surface area contributed by atoms with E-state index in [1.165, 1.54) is 24.3 Å². The molecule has 1 aliphatic heterocycles. The second kappa shape index (κ2) is 5.90. The van der Waals surface area contributed by atoms with Crippen LogP contribution in [0.15, 0.2) is 42.5 Å². The molecule has 0 bridgehead atoms. The summed E-state index contributed by atoms with van der Waals surface area (Å²) in [6.45, 7) is 1.37. The zero-order chi connectivity index (χ0) is 14.8. The van der Waals surface area contributed by atoms with Crippen molar-refractivity contribution in [1.29, 1.82) is 0 Å². The van der Waals surface area contributed by atoms with Gasteiger partial charge in [-0.15, -0.1) is 0 Å². The fraction of sp³-hybridized carbons (Fsp3) is 0.294. The molecular formula is C17H16F3N. The molecular weight excluding hydrogens is 275 g/mol. The molecule has 2 aromatic rings. The van der Waals surface area contributed by atoms with Crippen LogP contribution < -0.4 is 0 Å². The highest BCUT2D eigenvalue weighted by Gasteiger charge is 2.26. The van der Waals surface area contributed by atoms with Gasteiger partial charge in [-0.3, -0.25) is 4.90 Å². The summed E-state index contributed by atoms with van der Waals surface area (Å²) in [6, 6.07) is 10.3. The van der Waals surface area contributed by atoms with E-state index in [0.29, 0.717) is 12.1 Å². The minimum absolute atomic E-state index is 0.178. The zero-order valence-corrected chi connectivity index (χ0v) is 11.5. The second-order valence-corrected chi connectivity index (χ2v) is 5.46. The minimum Gasteiger partial charge on any atom is -0.292 e. The first-order valence-corrected chi connectivity index (χ1v) is 7.06. The Morgan fingerprint density at radius 2 is 1.57 bits per heavy atom. The van der Waals surface area contributed by atoms with Gasteiger partial charge in [0.15, 0.2) is 0 Å². The largest absolute Gasteiger partial charge is 0.292 e. The fourth-order valence-corrected chi connectivity index (χ4v) is 3.01. The number of rotatable bonds is 3. The molecule has 0 saturated carbocycles. The standard InChI is InChI=1S/C17H16F3N/c18-14-5-3-13(4-6-14)17-2-1-7-21(17)11-12-8-15(19)10-16(20)9-12/h3-6,8-10,17H,1-2,7,11H2/t17-/m1/s1. The van der Waals surface area contributed by atoms with Gasteiger partial charge < -0.3 is 0 Å². The van der Waals surface area contributed by atoms with E-state index < -0.39 is 11.6 Å². The van der Waals surface area contributed by atoms with Crippen molar-refractivity contribution in [3.8, 4) is 0 Å². The molecule has 1 saturated heterocycles. The first kappa shape index (κ1) is 14.1. The third-order valence-corrected chi connectivity index (χ3v) is 3.93. The van der Waals surface area contributed by atoms with Gasteiger partial charge in [-0.05, 0) is 54.8 Å². The van der Waals surface area contributed by atoms with Gasteiger partial charge in [-0.2, -0.15) is 0 Å². The normalized spacial score (nSPS) is 19.1. The Hall–Kier alpha value is -1.81. The van der Waals surface area contributed by atoms with E-state index in [1.807, 2.05) is 0 Å². The van der Waals surface area contributed by atoms with Crippen molar-refractivity contribution in [3.63, 3.8) is 0 Å². The van der Waals surface area contributed by atoms with Crippen molar-refractivity contribution in [2.75, 3.05) is 6.54 Å². The maximum Gasteiger partial charge on any atom is 0.126 e. The molecule has 0 spiro atoms. The third-order valence-electron chi connectivity index (χ3n) is 3.93. The van der Waals surface area contributed by atoms with Crippen LogP contribution in [-0.2, 0) is 6.54 Å². The zero-order valence-electron chi connectivity index (χ0n) is 11.5. The van der Waals surface area contributed by atoms with Crippen LogP contribution in [-0.4, -0.2) is 11.4 Å². The average Bonchev–Trinajstić information content (AvgIpc) is 2.86. The molecule has 0 aliphatic carbocycles. The first-order chi connectivity index (χ1) is 10.1. The van der Waals surface area contributed by atoms with E-state index in [1.54, 1.807) is 12.1 Å². The second-order valence-electron chi connectivity index (χ2n) is 5.46. The first-order valence-electron chi connectivity index (χ1n) is 7.06. The summed E-state index contributed by atoms with van der Waals surface area (Å²) in [5.74, 6) is -1.36. The summed E-state index contributed by atoms with van der Waals surface area (Å²) < 4.78 is 39.5. The third kappa shape index (κ3) is 3.27. The van der Waals surface area contributed by atoms with Gasteiger partial charge >= 0.3 is 0 Å². The molecule has 0 N–H and O–H groups in total. The Morgan fingerprint density at radius 3 is 2.24 bits per heavy atom. The number of benzene rings is 2. The Balaban J connectivity index is 1.79. The molecule has 2 aromatic carbocycles. The molecule has 0 radical (unpaired) electrons. The highest BCUT2D eigenvalue weighted by molar-refractivity contribution is 5.23. The van der Waals surface area contributed by atoms with Gasteiger partial charge in [-0.25, -0.2) is 13.2 Å². The molecule has 0 unspecified atom stereocenters. The number of nitrogens with zero attached hydrogens (tertiary/aromatic N) is 1. The molecule has 1 nitrogen and oxygen atoms in total. The van der Waals surface area contributed by atoms with E-state index in [4.69, 9.17) is 0 Å². The van der Waals surface area contributed by atoms with E-state index in [-0.39, 0.29) is 11.9 Å². The lowest BCUT2D eigenvalue weighted by molar-refractivity contribution is 0.247. The van der Waals surface area contributed by atoms with Crippen LogP contribution in [0.2, 0.25) is 0 Å². The van der Waals surface area contributed by atoms with E-state index in [0.717, 1.165) is 31.0 Å². The molecule has 3 rings (SSSR count). The summed E-state index contributed by atoms with van der Waals surface area (Å²) in [7, 11) is 0. The van der Waals surface area contributed by atoms with E-state index >= 15 is 0 Å². The minimum atomic E-state index is -0.553. The summed E-state index contributed by atoms with van der Waals surface area (Å²) in [5.41, 5.74) is 1.67. The number of hydrogen-bond acceptors (Lipinski definition) is 1. The van der Waals surface area contributed by atoms with Crippen LogP contribution in [0.25, 0.3) is 0 Å². The molecule has 1 heterocycles. The highest BCUT2D eigenvalue weighted by atomic mass is 19.1. The van der Waals surface area contributed by atoms with Crippen molar-refractivity contribution in [1.82, 2.24) is 4.90 Å². The lowest BCUT2D eigenvalue weighted by Gasteiger charge is -2.25. The van der Waals surface area contributed by atoms with E-state index in [2.05, 4.69) is 4.90 Å². The average molecular weight is 291 g/mol. The monoisotopic (exact) mass is 291 g/mol. The molecule has 4 heteroatoms.